The molecule has 2 heterocycles. The average molecular weight is 300 g/mol. The van der Waals surface area contributed by atoms with Crippen LogP contribution >= 0.6 is 11.3 Å². The van der Waals surface area contributed by atoms with Crippen LogP contribution in [0.1, 0.15) is 35.8 Å². The molecular weight excluding hydrogens is 280 g/mol. The minimum absolute atomic E-state index is 0.0801. The van der Waals surface area contributed by atoms with Crippen LogP contribution in [0.25, 0.3) is 10.6 Å². The first-order valence-corrected chi connectivity index (χ1v) is 8.33. The Morgan fingerprint density at radius 3 is 2.57 bits per heavy atom. The normalized spacial score (nSPS) is 16.2. The molecule has 0 atom stereocenters. The number of nitrogens with zero attached hydrogens (tertiary/aromatic N) is 2. The van der Waals surface area contributed by atoms with Crippen LogP contribution in [0.2, 0.25) is 0 Å². The second-order valence-corrected chi connectivity index (χ2v) is 6.74. The third kappa shape index (κ3) is 3.16. The van der Waals surface area contributed by atoms with Gasteiger partial charge in [0.1, 0.15) is 10.7 Å². The molecule has 4 heteroatoms. The Kier molecular flexibility index (Phi) is 4.06. The van der Waals surface area contributed by atoms with Crippen molar-refractivity contribution in [3.05, 3.63) is 40.9 Å². The number of thiazole rings is 1. The fraction of sp³-hybridized carbons (Fsp3) is 0.412. The number of aryl methyl sites for hydroxylation is 1. The summed E-state index contributed by atoms with van der Waals surface area (Å²) in [5.41, 5.74) is 2.90. The van der Waals surface area contributed by atoms with Crippen molar-refractivity contribution in [1.82, 2.24) is 9.88 Å². The van der Waals surface area contributed by atoms with Gasteiger partial charge >= 0.3 is 0 Å². The summed E-state index contributed by atoms with van der Waals surface area (Å²) in [4.78, 5) is 18.9. The first kappa shape index (κ1) is 14.3. The van der Waals surface area contributed by atoms with E-state index in [0.717, 1.165) is 42.4 Å². The van der Waals surface area contributed by atoms with Gasteiger partial charge in [-0.15, -0.1) is 11.3 Å². The molecule has 21 heavy (non-hydrogen) atoms. The van der Waals surface area contributed by atoms with Crippen LogP contribution in [-0.4, -0.2) is 28.9 Å². The first-order chi connectivity index (χ1) is 10.1. The quantitative estimate of drug-likeness (QED) is 0.840. The molecule has 110 valence electrons. The lowest BCUT2D eigenvalue weighted by Gasteiger charge is -2.29. The van der Waals surface area contributed by atoms with Gasteiger partial charge in [0.05, 0.1) is 0 Å². The summed E-state index contributed by atoms with van der Waals surface area (Å²) in [6.07, 6.45) is 2.20. The van der Waals surface area contributed by atoms with Crippen LogP contribution in [0.4, 0.5) is 0 Å². The second kappa shape index (κ2) is 5.98. The Morgan fingerprint density at radius 2 is 1.90 bits per heavy atom. The molecule has 1 aliphatic heterocycles. The van der Waals surface area contributed by atoms with Gasteiger partial charge in [0.15, 0.2) is 0 Å². The van der Waals surface area contributed by atoms with Crippen molar-refractivity contribution in [3.63, 3.8) is 0 Å². The number of benzene rings is 1. The van der Waals surface area contributed by atoms with Gasteiger partial charge < -0.3 is 4.90 Å². The van der Waals surface area contributed by atoms with E-state index in [4.69, 9.17) is 0 Å². The standard InChI is InChI=1S/C17H20N2OS/c1-12-3-5-14(6-4-12)16-18-15(11-21-16)17(20)19-9-7-13(2)8-10-19/h3-6,11,13H,7-10H2,1-2H3. The number of aromatic nitrogens is 1. The molecule has 1 saturated heterocycles. The summed E-state index contributed by atoms with van der Waals surface area (Å²) in [6, 6.07) is 8.27. The second-order valence-electron chi connectivity index (χ2n) is 5.88. The number of carbonyl (C=O) groups excluding carboxylic acids is 1. The van der Waals surface area contributed by atoms with Crippen LogP contribution in [0.15, 0.2) is 29.6 Å². The number of rotatable bonds is 2. The predicted molar refractivity (Wildman–Crippen MR) is 86.6 cm³/mol. The van der Waals surface area contributed by atoms with E-state index >= 15 is 0 Å². The van der Waals surface area contributed by atoms with Crippen molar-refractivity contribution in [2.24, 2.45) is 5.92 Å². The molecule has 0 aliphatic carbocycles. The van der Waals surface area contributed by atoms with Gasteiger partial charge in [-0.25, -0.2) is 4.98 Å². The molecule has 3 rings (SSSR count). The lowest BCUT2D eigenvalue weighted by Crippen LogP contribution is -2.38. The number of hydrogen-bond acceptors (Lipinski definition) is 3. The fourth-order valence-corrected chi connectivity index (χ4v) is 3.37. The van der Waals surface area contributed by atoms with Gasteiger partial charge in [-0.2, -0.15) is 0 Å². The number of piperidine rings is 1. The van der Waals surface area contributed by atoms with Crippen LogP contribution < -0.4 is 0 Å². The van der Waals surface area contributed by atoms with Crippen molar-refractivity contribution < 1.29 is 4.79 Å². The molecule has 0 saturated carbocycles. The summed E-state index contributed by atoms with van der Waals surface area (Å²) in [6.45, 7) is 6.03. The molecule has 3 nitrogen and oxygen atoms in total. The summed E-state index contributed by atoms with van der Waals surface area (Å²) in [7, 11) is 0. The predicted octanol–water partition coefficient (Wildman–Crippen LogP) is 3.99. The Labute approximate surface area is 129 Å². The van der Waals surface area contributed by atoms with Crippen molar-refractivity contribution in [1.29, 1.82) is 0 Å². The van der Waals surface area contributed by atoms with E-state index in [1.165, 1.54) is 5.56 Å². The van der Waals surface area contributed by atoms with Crippen molar-refractivity contribution >= 4 is 17.2 Å². The zero-order valence-electron chi connectivity index (χ0n) is 12.5. The Morgan fingerprint density at radius 1 is 1.24 bits per heavy atom. The van der Waals surface area contributed by atoms with Gasteiger partial charge in [-0.1, -0.05) is 36.8 Å². The largest absolute Gasteiger partial charge is 0.337 e. The highest BCUT2D eigenvalue weighted by molar-refractivity contribution is 7.13. The summed E-state index contributed by atoms with van der Waals surface area (Å²) in [5, 5.41) is 2.80. The topological polar surface area (TPSA) is 33.2 Å². The Hall–Kier alpha value is -1.68. The lowest BCUT2D eigenvalue weighted by molar-refractivity contribution is 0.0692. The maximum atomic E-state index is 12.5. The molecule has 0 spiro atoms. The van der Waals surface area contributed by atoms with E-state index in [0.29, 0.717) is 5.69 Å². The van der Waals surface area contributed by atoms with Crippen LogP contribution in [0, 0.1) is 12.8 Å². The number of carbonyl (C=O) groups is 1. The maximum Gasteiger partial charge on any atom is 0.273 e. The highest BCUT2D eigenvalue weighted by atomic mass is 32.1. The molecule has 0 radical (unpaired) electrons. The zero-order valence-corrected chi connectivity index (χ0v) is 13.3. The van der Waals surface area contributed by atoms with E-state index in [-0.39, 0.29) is 5.91 Å². The van der Waals surface area contributed by atoms with Crippen molar-refractivity contribution in [2.75, 3.05) is 13.1 Å². The van der Waals surface area contributed by atoms with Crippen molar-refractivity contribution in [2.45, 2.75) is 26.7 Å². The number of amides is 1. The molecule has 1 aromatic carbocycles. The third-order valence-electron chi connectivity index (χ3n) is 4.09. The monoisotopic (exact) mass is 300 g/mol. The number of hydrogen-bond donors (Lipinski definition) is 0. The molecular formula is C17H20N2OS. The molecule has 0 N–H and O–H groups in total. The highest BCUT2D eigenvalue weighted by Gasteiger charge is 2.23. The van der Waals surface area contributed by atoms with Crippen LogP contribution in [0.3, 0.4) is 0 Å². The molecule has 0 unspecified atom stereocenters. The van der Waals surface area contributed by atoms with Gasteiger partial charge in [0.2, 0.25) is 0 Å². The van der Waals surface area contributed by atoms with E-state index in [2.05, 4.69) is 43.1 Å². The van der Waals surface area contributed by atoms with Crippen molar-refractivity contribution in [3.8, 4) is 10.6 Å². The first-order valence-electron chi connectivity index (χ1n) is 7.45. The SMILES string of the molecule is Cc1ccc(-c2nc(C(=O)N3CCC(C)CC3)cs2)cc1. The Balaban J connectivity index is 1.75. The van der Waals surface area contributed by atoms with Crippen LogP contribution in [-0.2, 0) is 0 Å². The van der Waals surface area contributed by atoms with Gasteiger partial charge in [0.25, 0.3) is 5.91 Å². The lowest BCUT2D eigenvalue weighted by atomic mass is 9.99. The summed E-state index contributed by atoms with van der Waals surface area (Å²) < 4.78 is 0. The molecule has 1 amide bonds. The molecule has 1 aromatic heterocycles. The van der Waals surface area contributed by atoms with E-state index in [9.17, 15) is 4.79 Å². The summed E-state index contributed by atoms with van der Waals surface area (Å²) in [5.74, 6) is 0.809. The van der Waals surface area contributed by atoms with E-state index < -0.39 is 0 Å². The third-order valence-corrected chi connectivity index (χ3v) is 4.98. The highest BCUT2D eigenvalue weighted by Crippen LogP contribution is 2.25. The Bertz CT molecular complexity index is 624. The van der Waals surface area contributed by atoms with E-state index in [1.54, 1.807) is 11.3 Å². The molecule has 1 fully saturated rings. The summed E-state index contributed by atoms with van der Waals surface area (Å²) >= 11 is 1.54. The maximum absolute atomic E-state index is 12.5. The van der Waals surface area contributed by atoms with Gasteiger partial charge in [0, 0.05) is 24.0 Å². The smallest absolute Gasteiger partial charge is 0.273 e. The zero-order chi connectivity index (χ0) is 14.8. The van der Waals surface area contributed by atoms with E-state index in [1.807, 2.05) is 10.3 Å². The molecule has 2 aromatic rings. The molecule has 1 aliphatic rings. The van der Waals surface area contributed by atoms with Gasteiger partial charge in [-0.3, -0.25) is 4.79 Å². The minimum Gasteiger partial charge on any atom is -0.337 e. The fourth-order valence-electron chi connectivity index (χ4n) is 2.57. The minimum atomic E-state index is 0.0801. The molecule has 0 bridgehead atoms. The van der Waals surface area contributed by atoms with Gasteiger partial charge in [-0.05, 0) is 25.7 Å². The number of likely N-dealkylation sites (tertiary alicyclic amines) is 1. The average Bonchev–Trinajstić information content (AvgIpc) is 2.98. The van der Waals surface area contributed by atoms with Crippen LogP contribution in [0.5, 0.6) is 0 Å².